The molecule has 2 heteroatoms. The average molecular weight is 172 g/mol. The van der Waals surface area contributed by atoms with Gasteiger partial charge < -0.3 is 0 Å². The molecule has 72 valence electrons. The molecule has 1 fully saturated rings. The van der Waals surface area contributed by atoms with Gasteiger partial charge in [0.15, 0.2) is 0 Å². The van der Waals surface area contributed by atoms with Gasteiger partial charge in [-0.25, -0.2) is 4.89 Å². The van der Waals surface area contributed by atoms with Crippen LogP contribution in [-0.4, -0.2) is 10.9 Å². The SMILES string of the molecule is CC(C)C1CCCC(C)(OO)C1. The van der Waals surface area contributed by atoms with Crippen molar-refractivity contribution in [2.75, 3.05) is 0 Å². The highest BCUT2D eigenvalue weighted by Crippen LogP contribution is 2.37. The van der Waals surface area contributed by atoms with Crippen molar-refractivity contribution < 1.29 is 10.1 Å². The lowest BCUT2D eigenvalue weighted by molar-refractivity contribution is -0.328. The van der Waals surface area contributed by atoms with Crippen LogP contribution < -0.4 is 0 Å². The molecule has 1 saturated carbocycles. The topological polar surface area (TPSA) is 29.5 Å². The van der Waals surface area contributed by atoms with Crippen LogP contribution in [0.1, 0.15) is 46.5 Å². The van der Waals surface area contributed by atoms with E-state index < -0.39 is 0 Å². The molecular formula is C10H20O2. The van der Waals surface area contributed by atoms with Gasteiger partial charge in [-0.05, 0) is 38.0 Å². The molecule has 1 aliphatic rings. The Morgan fingerprint density at radius 1 is 1.50 bits per heavy atom. The third-order valence-corrected chi connectivity index (χ3v) is 3.14. The second-order valence-corrected chi connectivity index (χ2v) is 4.64. The Hall–Kier alpha value is -0.0800. The highest BCUT2D eigenvalue weighted by Gasteiger charge is 2.34. The molecular weight excluding hydrogens is 152 g/mol. The summed E-state index contributed by atoms with van der Waals surface area (Å²) in [6.45, 7) is 6.49. The zero-order valence-electron chi connectivity index (χ0n) is 8.34. The Morgan fingerprint density at radius 2 is 2.17 bits per heavy atom. The minimum absolute atomic E-state index is 0.271. The summed E-state index contributed by atoms with van der Waals surface area (Å²) in [5, 5.41) is 8.75. The summed E-state index contributed by atoms with van der Waals surface area (Å²) in [4.78, 5) is 4.56. The molecule has 12 heavy (non-hydrogen) atoms. The molecule has 0 aliphatic heterocycles. The third-order valence-electron chi connectivity index (χ3n) is 3.14. The van der Waals surface area contributed by atoms with Crippen LogP contribution in [0.15, 0.2) is 0 Å². The van der Waals surface area contributed by atoms with Crippen LogP contribution >= 0.6 is 0 Å². The smallest absolute Gasteiger partial charge is 0.101 e. The first-order chi connectivity index (χ1) is 5.57. The maximum absolute atomic E-state index is 8.75. The normalized spacial score (nSPS) is 37.2. The van der Waals surface area contributed by atoms with Gasteiger partial charge in [-0.2, -0.15) is 0 Å². The molecule has 2 unspecified atom stereocenters. The van der Waals surface area contributed by atoms with E-state index in [0.717, 1.165) is 18.8 Å². The van der Waals surface area contributed by atoms with Gasteiger partial charge in [0.1, 0.15) is 5.60 Å². The third kappa shape index (κ3) is 2.20. The minimum atomic E-state index is -0.271. The lowest BCUT2D eigenvalue weighted by Gasteiger charge is -2.37. The van der Waals surface area contributed by atoms with Crippen molar-refractivity contribution in [3.8, 4) is 0 Å². The van der Waals surface area contributed by atoms with Crippen LogP contribution in [0.4, 0.5) is 0 Å². The molecule has 0 heterocycles. The van der Waals surface area contributed by atoms with Gasteiger partial charge in [0, 0.05) is 0 Å². The van der Waals surface area contributed by atoms with E-state index in [1.165, 1.54) is 12.8 Å². The first-order valence-corrected chi connectivity index (χ1v) is 4.90. The Kier molecular flexibility index (Phi) is 3.13. The fourth-order valence-corrected chi connectivity index (χ4v) is 2.15. The van der Waals surface area contributed by atoms with Crippen molar-refractivity contribution in [2.45, 2.75) is 52.1 Å². The van der Waals surface area contributed by atoms with E-state index in [-0.39, 0.29) is 5.60 Å². The van der Waals surface area contributed by atoms with E-state index >= 15 is 0 Å². The fraction of sp³-hybridized carbons (Fsp3) is 1.00. The summed E-state index contributed by atoms with van der Waals surface area (Å²) in [7, 11) is 0. The molecule has 0 saturated heterocycles. The summed E-state index contributed by atoms with van der Waals surface area (Å²) >= 11 is 0. The van der Waals surface area contributed by atoms with E-state index in [9.17, 15) is 0 Å². The van der Waals surface area contributed by atoms with Gasteiger partial charge in [-0.1, -0.05) is 20.3 Å². The van der Waals surface area contributed by atoms with Gasteiger partial charge in [-0.3, -0.25) is 5.26 Å². The van der Waals surface area contributed by atoms with Crippen molar-refractivity contribution in [3.63, 3.8) is 0 Å². The van der Waals surface area contributed by atoms with Crippen LogP contribution in [0.2, 0.25) is 0 Å². The number of rotatable bonds is 2. The average Bonchev–Trinajstić information content (AvgIpc) is 2.05. The number of hydrogen-bond donors (Lipinski definition) is 1. The van der Waals surface area contributed by atoms with E-state index in [1.807, 2.05) is 6.92 Å². The highest BCUT2D eigenvalue weighted by molar-refractivity contribution is 4.84. The standard InChI is InChI=1S/C10H20O2/c1-8(2)9-5-4-6-10(3,7-9)12-11/h8-9,11H,4-7H2,1-3H3. The molecule has 0 aromatic carbocycles. The minimum Gasteiger partial charge on any atom is -0.251 e. The maximum atomic E-state index is 8.75. The van der Waals surface area contributed by atoms with Crippen LogP contribution in [0.5, 0.6) is 0 Å². The van der Waals surface area contributed by atoms with Crippen molar-refractivity contribution in [2.24, 2.45) is 11.8 Å². The lowest BCUT2D eigenvalue weighted by atomic mass is 9.74. The monoisotopic (exact) mass is 172 g/mol. The summed E-state index contributed by atoms with van der Waals surface area (Å²) in [5.41, 5.74) is -0.271. The zero-order chi connectivity index (χ0) is 9.19. The molecule has 1 aliphatic carbocycles. The molecule has 0 aromatic heterocycles. The maximum Gasteiger partial charge on any atom is 0.101 e. The molecule has 1 rings (SSSR count). The zero-order valence-corrected chi connectivity index (χ0v) is 8.34. The van der Waals surface area contributed by atoms with E-state index in [2.05, 4.69) is 18.7 Å². The van der Waals surface area contributed by atoms with E-state index in [0.29, 0.717) is 5.92 Å². The predicted molar refractivity (Wildman–Crippen MR) is 48.9 cm³/mol. The van der Waals surface area contributed by atoms with Gasteiger partial charge in [0.05, 0.1) is 0 Å². The summed E-state index contributed by atoms with van der Waals surface area (Å²) in [6.07, 6.45) is 4.46. The Balaban J connectivity index is 2.51. The van der Waals surface area contributed by atoms with E-state index in [1.54, 1.807) is 0 Å². The number of hydrogen-bond acceptors (Lipinski definition) is 2. The summed E-state index contributed by atoms with van der Waals surface area (Å²) in [6, 6.07) is 0. The van der Waals surface area contributed by atoms with Crippen LogP contribution in [-0.2, 0) is 4.89 Å². The van der Waals surface area contributed by atoms with Gasteiger partial charge in [-0.15, -0.1) is 0 Å². The molecule has 0 radical (unpaired) electrons. The predicted octanol–water partition coefficient (Wildman–Crippen LogP) is 3.08. The molecule has 0 aromatic rings. The summed E-state index contributed by atoms with van der Waals surface area (Å²) in [5.74, 6) is 1.43. The largest absolute Gasteiger partial charge is 0.251 e. The Labute approximate surface area is 74.9 Å². The van der Waals surface area contributed by atoms with Crippen LogP contribution in [0, 0.1) is 11.8 Å². The quantitative estimate of drug-likeness (QED) is 0.512. The Morgan fingerprint density at radius 3 is 2.67 bits per heavy atom. The molecule has 0 amide bonds. The molecule has 0 spiro atoms. The second-order valence-electron chi connectivity index (χ2n) is 4.64. The van der Waals surface area contributed by atoms with E-state index in [4.69, 9.17) is 5.26 Å². The Bertz CT molecular complexity index is 145. The van der Waals surface area contributed by atoms with Crippen LogP contribution in [0.3, 0.4) is 0 Å². The molecule has 1 N–H and O–H groups in total. The molecule has 2 atom stereocenters. The first-order valence-electron chi connectivity index (χ1n) is 4.90. The lowest BCUT2D eigenvalue weighted by Crippen LogP contribution is -2.35. The van der Waals surface area contributed by atoms with Gasteiger partial charge in [0.2, 0.25) is 0 Å². The first kappa shape index (κ1) is 10.0. The molecule has 2 nitrogen and oxygen atoms in total. The van der Waals surface area contributed by atoms with Gasteiger partial charge in [0.25, 0.3) is 0 Å². The second kappa shape index (κ2) is 3.75. The summed E-state index contributed by atoms with van der Waals surface area (Å²) < 4.78 is 0. The van der Waals surface area contributed by atoms with Crippen molar-refractivity contribution in [3.05, 3.63) is 0 Å². The molecule has 0 bridgehead atoms. The van der Waals surface area contributed by atoms with Crippen molar-refractivity contribution >= 4 is 0 Å². The fourth-order valence-electron chi connectivity index (χ4n) is 2.15. The van der Waals surface area contributed by atoms with Crippen molar-refractivity contribution in [1.82, 2.24) is 0 Å². The van der Waals surface area contributed by atoms with Crippen LogP contribution in [0.25, 0.3) is 0 Å². The highest BCUT2D eigenvalue weighted by atomic mass is 17.1. The van der Waals surface area contributed by atoms with Crippen molar-refractivity contribution in [1.29, 1.82) is 0 Å². The van der Waals surface area contributed by atoms with Gasteiger partial charge >= 0.3 is 0 Å².